The molecule has 1 aromatic heterocycles. The maximum atomic E-state index is 14.6. The first-order valence-corrected chi connectivity index (χ1v) is 9.98. The Morgan fingerprint density at radius 2 is 1.51 bits per heavy atom. The molecule has 0 aliphatic carbocycles. The van der Waals surface area contributed by atoms with Gasteiger partial charge in [-0.15, -0.1) is 0 Å². The van der Waals surface area contributed by atoms with Crippen molar-refractivity contribution >= 4 is 0 Å². The average molecular weight is 504 g/mol. The number of nitrogens with zero attached hydrogens (tertiary/aromatic N) is 2. The van der Waals surface area contributed by atoms with Crippen molar-refractivity contribution in [3.8, 4) is 22.9 Å². The van der Waals surface area contributed by atoms with Gasteiger partial charge in [0.2, 0.25) is 0 Å². The molecule has 0 radical (unpaired) electrons. The zero-order valence-corrected chi connectivity index (χ0v) is 17.8. The van der Waals surface area contributed by atoms with E-state index < -0.39 is 52.9 Å². The second kappa shape index (κ2) is 10.3. The minimum atomic E-state index is -4.80. The quantitative estimate of drug-likeness (QED) is 0.243. The lowest BCUT2D eigenvalue weighted by Crippen LogP contribution is -2.23. The summed E-state index contributed by atoms with van der Waals surface area (Å²) >= 11 is 0. The molecule has 0 aliphatic rings. The van der Waals surface area contributed by atoms with E-state index in [1.807, 2.05) is 6.92 Å². The van der Waals surface area contributed by atoms with Crippen LogP contribution >= 0.6 is 0 Å². The highest BCUT2D eigenvalue weighted by atomic mass is 19.4. The topological polar surface area (TPSA) is 44.2 Å². The lowest BCUT2D eigenvalue weighted by atomic mass is 10.1. The van der Waals surface area contributed by atoms with Gasteiger partial charge >= 0.3 is 12.3 Å². The molecule has 1 heterocycles. The molecule has 0 amide bonds. The Labute approximate surface area is 193 Å². The fraction of sp³-hybridized carbons (Fsp3) is 0.217. The summed E-state index contributed by atoms with van der Waals surface area (Å²) in [7, 11) is 0. The van der Waals surface area contributed by atoms with Gasteiger partial charge in [-0.3, -0.25) is 0 Å². The molecule has 0 unspecified atom stereocenters. The normalized spacial score (nSPS) is 12.3. The molecule has 4 nitrogen and oxygen atoms in total. The Bertz CT molecular complexity index is 1190. The minimum absolute atomic E-state index is 0.0192. The molecule has 3 rings (SSSR count). The highest BCUT2D eigenvalue weighted by Gasteiger charge is 2.38. The van der Waals surface area contributed by atoms with Gasteiger partial charge in [-0.05, 0) is 24.1 Å². The predicted octanol–water partition coefficient (Wildman–Crippen LogP) is 7.10. The number of rotatable bonds is 8. The third-order valence-corrected chi connectivity index (χ3v) is 4.45. The largest absolute Gasteiger partial charge is 0.459 e. The maximum Gasteiger partial charge on any atom is 0.429 e. The van der Waals surface area contributed by atoms with E-state index in [1.54, 1.807) is 0 Å². The van der Waals surface area contributed by atoms with Crippen LogP contribution in [-0.4, -0.2) is 16.1 Å². The third-order valence-electron chi connectivity index (χ3n) is 4.45. The van der Waals surface area contributed by atoms with Crippen LogP contribution in [0.15, 0.2) is 55.1 Å². The standard InChI is InChI=1S/C23H16F8N2O2/c1-2-3-13-11-32-21(33-12-13)14-4-5-16(17(24)8-14)23(30,31)35-15-9-18(25)20(19(26)10-15)34-7-6-22(27,28)29/h4-12H,2-3H2,1H3/b7-6+. The van der Waals surface area contributed by atoms with Crippen LogP contribution in [0.5, 0.6) is 11.5 Å². The van der Waals surface area contributed by atoms with Crippen molar-refractivity contribution < 1.29 is 44.6 Å². The number of halogens is 8. The van der Waals surface area contributed by atoms with E-state index in [0.717, 1.165) is 30.5 Å². The first kappa shape index (κ1) is 25.9. The molecule has 0 bridgehead atoms. The highest BCUT2D eigenvalue weighted by molar-refractivity contribution is 5.55. The summed E-state index contributed by atoms with van der Waals surface area (Å²) in [6, 6.07) is 3.10. The second-order valence-corrected chi connectivity index (χ2v) is 7.16. The summed E-state index contributed by atoms with van der Waals surface area (Å²) in [6.07, 6.45) is -4.96. The van der Waals surface area contributed by atoms with Crippen LogP contribution in [0.3, 0.4) is 0 Å². The Balaban J connectivity index is 1.80. The number of ether oxygens (including phenoxy) is 2. The Morgan fingerprint density at radius 3 is 2.06 bits per heavy atom. The fourth-order valence-corrected chi connectivity index (χ4v) is 2.90. The van der Waals surface area contributed by atoms with Crippen molar-refractivity contribution in [2.45, 2.75) is 32.1 Å². The van der Waals surface area contributed by atoms with Crippen molar-refractivity contribution in [1.29, 1.82) is 0 Å². The molecular formula is C23H16F8N2O2. The van der Waals surface area contributed by atoms with Gasteiger partial charge in [0.25, 0.3) is 0 Å². The van der Waals surface area contributed by atoms with E-state index in [0.29, 0.717) is 6.07 Å². The molecule has 186 valence electrons. The maximum absolute atomic E-state index is 14.6. The number of alkyl halides is 5. The molecule has 0 spiro atoms. The third kappa shape index (κ3) is 6.67. The smallest absolute Gasteiger partial charge is 0.429 e. The fourth-order valence-electron chi connectivity index (χ4n) is 2.90. The van der Waals surface area contributed by atoms with Crippen molar-refractivity contribution in [3.63, 3.8) is 0 Å². The lowest BCUT2D eigenvalue weighted by Gasteiger charge is -2.19. The van der Waals surface area contributed by atoms with E-state index in [1.165, 1.54) is 12.4 Å². The number of aryl methyl sites for hydroxylation is 1. The zero-order chi connectivity index (χ0) is 25.8. The van der Waals surface area contributed by atoms with Crippen LogP contribution in [0.25, 0.3) is 11.4 Å². The van der Waals surface area contributed by atoms with E-state index in [9.17, 15) is 35.1 Å². The molecule has 0 saturated heterocycles. The number of allylic oxidation sites excluding steroid dienone is 1. The van der Waals surface area contributed by atoms with Gasteiger partial charge in [0.1, 0.15) is 11.6 Å². The van der Waals surface area contributed by atoms with Crippen molar-refractivity contribution in [2.24, 2.45) is 0 Å². The second-order valence-electron chi connectivity index (χ2n) is 7.16. The summed E-state index contributed by atoms with van der Waals surface area (Å²) in [5.74, 6) is -6.88. The van der Waals surface area contributed by atoms with Crippen molar-refractivity contribution in [3.05, 3.63) is 83.6 Å². The number of hydrogen-bond acceptors (Lipinski definition) is 4. The summed E-state index contributed by atoms with van der Waals surface area (Å²) in [5.41, 5.74) is -0.283. The molecule has 35 heavy (non-hydrogen) atoms. The van der Waals surface area contributed by atoms with Gasteiger partial charge < -0.3 is 9.47 Å². The van der Waals surface area contributed by atoms with Gasteiger partial charge in [0.15, 0.2) is 23.2 Å². The minimum Gasteiger partial charge on any atom is -0.459 e. The Kier molecular flexibility index (Phi) is 7.61. The average Bonchev–Trinajstić information content (AvgIpc) is 2.75. The first-order chi connectivity index (χ1) is 16.4. The van der Waals surface area contributed by atoms with Crippen LogP contribution in [0, 0.1) is 17.5 Å². The molecular weight excluding hydrogens is 488 g/mol. The number of hydrogen-bond donors (Lipinski definition) is 0. The van der Waals surface area contributed by atoms with E-state index in [4.69, 9.17) is 0 Å². The van der Waals surface area contributed by atoms with Crippen LogP contribution in [-0.2, 0) is 12.5 Å². The van der Waals surface area contributed by atoms with Crippen LogP contribution in [0.4, 0.5) is 35.1 Å². The van der Waals surface area contributed by atoms with Gasteiger partial charge in [-0.1, -0.05) is 19.4 Å². The van der Waals surface area contributed by atoms with Crippen LogP contribution < -0.4 is 9.47 Å². The molecule has 0 aliphatic heterocycles. The van der Waals surface area contributed by atoms with Crippen molar-refractivity contribution in [1.82, 2.24) is 9.97 Å². The molecule has 0 saturated carbocycles. The number of aromatic nitrogens is 2. The van der Waals surface area contributed by atoms with Gasteiger partial charge in [0.05, 0.1) is 17.9 Å². The van der Waals surface area contributed by atoms with Crippen LogP contribution in [0.2, 0.25) is 0 Å². The van der Waals surface area contributed by atoms with E-state index >= 15 is 0 Å². The summed E-state index contributed by atoms with van der Waals surface area (Å²) in [6.45, 7) is 1.96. The number of benzene rings is 2. The van der Waals surface area contributed by atoms with E-state index in [2.05, 4.69) is 19.4 Å². The molecule has 0 atom stereocenters. The summed E-state index contributed by atoms with van der Waals surface area (Å²) < 4.78 is 116. The molecule has 0 N–H and O–H groups in total. The SMILES string of the molecule is CCCc1cnc(-c2ccc(C(F)(F)Oc3cc(F)c(O/C=C/C(F)(F)F)c(F)c3)c(F)c2)nc1. The zero-order valence-electron chi connectivity index (χ0n) is 17.8. The Morgan fingerprint density at radius 1 is 0.886 bits per heavy atom. The summed E-state index contributed by atoms with van der Waals surface area (Å²) in [4.78, 5) is 8.14. The monoisotopic (exact) mass is 504 g/mol. The molecule has 0 fully saturated rings. The van der Waals surface area contributed by atoms with E-state index in [-0.39, 0.29) is 29.8 Å². The molecule has 12 heteroatoms. The van der Waals surface area contributed by atoms with Gasteiger partial charge in [0, 0.05) is 30.1 Å². The first-order valence-electron chi connectivity index (χ1n) is 9.98. The Hall–Kier alpha value is -3.70. The van der Waals surface area contributed by atoms with Gasteiger partial charge in [-0.25, -0.2) is 23.1 Å². The summed E-state index contributed by atoms with van der Waals surface area (Å²) in [5, 5.41) is 0. The lowest BCUT2D eigenvalue weighted by molar-refractivity contribution is -0.187. The predicted molar refractivity (Wildman–Crippen MR) is 108 cm³/mol. The van der Waals surface area contributed by atoms with Crippen LogP contribution in [0.1, 0.15) is 24.5 Å². The van der Waals surface area contributed by atoms with Gasteiger partial charge in [-0.2, -0.15) is 22.0 Å². The van der Waals surface area contributed by atoms with Crippen molar-refractivity contribution in [2.75, 3.05) is 0 Å². The molecule has 2 aromatic carbocycles. The molecule has 3 aromatic rings. The highest BCUT2D eigenvalue weighted by Crippen LogP contribution is 2.36.